The monoisotopic (exact) mass is 726 g/mol. The fourth-order valence-electron chi connectivity index (χ4n) is 8.02. The molecule has 6 atom stereocenters. The largest absolute Gasteiger partial charge is 0.497 e. The molecule has 3 aliphatic heterocycles. The number of fused-ring (bicyclic) bond motifs is 5. The van der Waals surface area contributed by atoms with Gasteiger partial charge in [0.2, 0.25) is 33.6 Å². The molecule has 0 radical (unpaired) electrons. The van der Waals surface area contributed by atoms with Gasteiger partial charge < -0.3 is 24.4 Å². The van der Waals surface area contributed by atoms with Crippen LogP contribution in [0.15, 0.2) is 30.4 Å². The quantitative estimate of drug-likeness (QED) is 0.401. The third-order valence-electron chi connectivity index (χ3n) is 11.4. The van der Waals surface area contributed by atoms with Crippen molar-refractivity contribution in [2.75, 3.05) is 26.9 Å². The van der Waals surface area contributed by atoms with Crippen LogP contribution < -0.4 is 24.2 Å². The second-order valence-corrected chi connectivity index (χ2v) is 17.4. The van der Waals surface area contributed by atoms with Gasteiger partial charge in [0.05, 0.1) is 20.3 Å². The molecule has 1 aromatic carbocycles. The summed E-state index contributed by atoms with van der Waals surface area (Å²) in [4.78, 5) is 48.2. The lowest BCUT2D eigenvalue weighted by atomic mass is 9.91. The number of aryl methyl sites for hydroxylation is 1. The van der Waals surface area contributed by atoms with E-state index >= 15 is 0 Å². The van der Waals surface area contributed by atoms with Crippen LogP contribution in [-0.4, -0.2) is 85.4 Å². The first-order valence-corrected chi connectivity index (χ1v) is 19.6. The summed E-state index contributed by atoms with van der Waals surface area (Å²) in [5.74, 6) is -0.216. The number of carbonyl (C=O) groups is 3. The van der Waals surface area contributed by atoms with Gasteiger partial charge in [-0.1, -0.05) is 26.0 Å². The highest BCUT2D eigenvalue weighted by molar-refractivity contribution is 7.91. The number of hydrogen-bond acceptors (Lipinski definition) is 9. The summed E-state index contributed by atoms with van der Waals surface area (Å²) >= 11 is 0. The van der Waals surface area contributed by atoms with Crippen molar-refractivity contribution in [3.63, 3.8) is 0 Å². The van der Waals surface area contributed by atoms with Crippen molar-refractivity contribution in [2.24, 2.45) is 17.8 Å². The summed E-state index contributed by atoms with van der Waals surface area (Å²) in [5.41, 5.74) is -0.580. The lowest BCUT2D eigenvalue weighted by Gasteiger charge is -2.28. The Morgan fingerprint density at radius 3 is 2.73 bits per heavy atom. The maximum absolute atomic E-state index is 14.2. The van der Waals surface area contributed by atoms with Crippen LogP contribution in [0.5, 0.6) is 17.5 Å². The zero-order valence-electron chi connectivity index (χ0n) is 29.4. The minimum absolute atomic E-state index is 0.0738. The minimum Gasteiger partial charge on any atom is -0.497 e. The van der Waals surface area contributed by atoms with Crippen molar-refractivity contribution >= 4 is 38.5 Å². The number of hydrogen-bond donors (Lipinski definition) is 2. The Morgan fingerprint density at radius 2 is 1.98 bits per heavy atom. The Balaban J connectivity index is 1.19. The average molecular weight is 727 g/mol. The number of allylic oxidation sites excluding steroid dienone is 1. The zero-order valence-corrected chi connectivity index (χ0v) is 30.2. The molecule has 7 rings (SSSR count). The number of halogens is 1. The molecule has 0 spiro atoms. The number of nitrogens with zero attached hydrogens (tertiary/aromatic N) is 2. The molecule has 2 aliphatic carbocycles. The van der Waals surface area contributed by atoms with E-state index < -0.39 is 56.9 Å². The first kappa shape index (κ1) is 35.5. The van der Waals surface area contributed by atoms with Crippen LogP contribution in [0, 0.1) is 17.8 Å². The smallest absolute Gasteiger partial charge is 0.259 e. The lowest BCUT2D eigenvalue weighted by molar-refractivity contribution is -0.140. The Labute approximate surface area is 297 Å². The van der Waals surface area contributed by atoms with Gasteiger partial charge in [0.25, 0.3) is 5.91 Å². The Bertz CT molecular complexity index is 1870. The van der Waals surface area contributed by atoms with Crippen LogP contribution in [0.25, 0.3) is 10.8 Å². The first-order chi connectivity index (χ1) is 24.4. The maximum atomic E-state index is 14.2. The van der Waals surface area contributed by atoms with E-state index in [1.807, 2.05) is 37.3 Å². The molecular weight excluding hydrogens is 679 g/mol. The van der Waals surface area contributed by atoms with E-state index in [1.165, 1.54) is 4.90 Å². The van der Waals surface area contributed by atoms with E-state index in [0.717, 1.165) is 48.4 Å². The number of amides is 3. The molecule has 276 valence electrons. The molecule has 12 nitrogen and oxygen atoms in total. The van der Waals surface area contributed by atoms with Gasteiger partial charge in [-0.25, -0.2) is 12.8 Å². The van der Waals surface area contributed by atoms with Gasteiger partial charge >= 0.3 is 0 Å². The summed E-state index contributed by atoms with van der Waals surface area (Å²) in [6, 6.07) is 4.66. The summed E-state index contributed by atoms with van der Waals surface area (Å²) in [6.07, 6.45) is 8.11. The van der Waals surface area contributed by atoms with Crippen molar-refractivity contribution < 1.29 is 41.4 Å². The molecule has 1 aromatic heterocycles. The molecule has 5 aliphatic rings. The molecule has 3 amide bonds. The van der Waals surface area contributed by atoms with Crippen LogP contribution in [0.3, 0.4) is 0 Å². The van der Waals surface area contributed by atoms with Gasteiger partial charge in [0.1, 0.15) is 34.9 Å². The average Bonchev–Trinajstić information content (AvgIpc) is 4.01. The van der Waals surface area contributed by atoms with Crippen LogP contribution in [-0.2, 0) is 30.8 Å². The summed E-state index contributed by atoms with van der Waals surface area (Å²) < 4.78 is 58.3. The molecule has 3 fully saturated rings. The van der Waals surface area contributed by atoms with Gasteiger partial charge in [0, 0.05) is 29.7 Å². The lowest BCUT2D eigenvalue weighted by Crippen LogP contribution is -2.57. The third-order valence-corrected chi connectivity index (χ3v) is 13.5. The second-order valence-electron chi connectivity index (χ2n) is 15.3. The first-order valence-electron chi connectivity index (χ1n) is 18.1. The molecule has 14 heteroatoms. The topological polar surface area (TPSA) is 153 Å². The van der Waals surface area contributed by atoms with Crippen LogP contribution in [0.4, 0.5) is 4.39 Å². The predicted molar refractivity (Wildman–Crippen MR) is 187 cm³/mol. The van der Waals surface area contributed by atoms with Gasteiger partial charge in [-0.3, -0.25) is 19.1 Å². The molecule has 2 aromatic rings. The van der Waals surface area contributed by atoms with E-state index in [2.05, 4.69) is 17.0 Å². The fraction of sp³-hybridized carbons (Fsp3) is 0.622. The standard InChI is InChI=1S/C37H47FN4O8S/c1-22-7-4-5-8-24-19-37(24,35(45)41-51(46,47)36(21-38)12-13-36)40-32(44)30-18-26(20-42(30)31(43)16-23(2)15-22)50-34-28-11-10-25(48-3)17-29(28)27-9-6-14-49-33(27)39-34/h5,8,10-11,17,22-24,26,30H,4,6-7,9,12-16,18-21H2,1-3H3,(H,40,44)(H,41,45)/b8-5-/t22-,23+,24+,26+,30-,37+/m0/s1. The third kappa shape index (κ3) is 6.75. The number of aromatic nitrogens is 1. The number of benzene rings is 1. The van der Waals surface area contributed by atoms with Crippen molar-refractivity contribution in [2.45, 2.75) is 100 Å². The van der Waals surface area contributed by atoms with Gasteiger partial charge in [0.15, 0.2) is 0 Å². The van der Waals surface area contributed by atoms with E-state index in [-0.39, 0.29) is 50.5 Å². The van der Waals surface area contributed by atoms with Crippen LogP contribution >= 0.6 is 0 Å². The van der Waals surface area contributed by atoms with Crippen LogP contribution in [0.1, 0.15) is 77.2 Å². The minimum atomic E-state index is -4.31. The number of pyridine rings is 1. The van der Waals surface area contributed by atoms with E-state index in [0.29, 0.717) is 30.0 Å². The highest BCUT2D eigenvalue weighted by Crippen LogP contribution is 2.48. The number of ether oxygens (including phenoxy) is 3. The van der Waals surface area contributed by atoms with E-state index in [1.54, 1.807) is 7.11 Å². The Hall–Kier alpha value is -3.94. The number of sulfonamides is 1. The molecule has 0 bridgehead atoms. The molecule has 2 N–H and O–H groups in total. The second kappa shape index (κ2) is 13.6. The summed E-state index contributed by atoms with van der Waals surface area (Å²) in [7, 11) is -2.71. The SMILES string of the molecule is COc1ccc2c(O[C@@H]3C[C@H]4C(=O)N[C@]5(C(=O)NS(=O)(=O)C6(CF)CC6)C[C@H]5/C=C\CC[C@H](C)C[C@@H](C)CC(=O)N4C3)nc3c(c2c1)CCCO3. The van der Waals surface area contributed by atoms with Gasteiger partial charge in [-0.05, 0) is 86.8 Å². The van der Waals surface area contributed by atoms with Gasteiger partial charge in [-0.15, -0.1) is 0 Å². The van der Waals surface area contributed by atoms with E-state index in [9.17, 15) is 27.2 Å². The Kier molecular flexibility index (Phi) is 9.43. The molecular formula is C37H47FN4O8S. The number of rotatable bonds is 7. The number of methoxy groups -OCH3 is 1. The molecule has 2 saturated carbocycles. The highest BCUT2D eigenvalue weighted by Gasteiger charge is 2.64. The highest BCUT2D eigenvalue weighted by atomic mass is 32.2. The molecule has 1 saturated heterocycles. The van der Waals surface area contributed by atoms with Crippen LogP contribution in [0.2, 0.25) is 0 Å². The maximum Gasteiger partial charge on any atom is 0.259 e. The number of alkyl halides is 1. The van der Waals surface area contributed by atoms with Gasteiger partial charge in [-0.2, -0.15) is 4.98 Å². The Morgan fingerprint density at radius 1 is 1.18 bits per heavy atom. The predicted octanol–water partition coefficient (Wildman–Crippen LogP) is 4.14. The molecule has 51 heavy (non-hydrogen) atoms. The van der Waals surface area contributed by atoms with Crippen molar-refractivity contribution in [3.05, 3.63) is 35.9 Å². The number of carbonyl (C=O) groups excluding carboxylic acids is 3. The zero-order chi connectivity index (χ0) is 36.1. The normalized spacial score (nSPS) is 31.1. The van der Waals surface area contributed by atoms with Crippen molar-refractivity contribution in [1.29, 1.82) is 0 Å². The fourth-order valence-corrected chi connectivity index (χ4v) is 9.45. The van der Waals surface area contributed by atoms with Crippen molar-refractivity contribution in [3.8, 4) is 17.5 Å². The number of nitrogens with one attached hydrogen (secondary N) is 2. The van der Waals surface area contributed by atoms with E-state index in [4.69, 9.17) is 19.2 Å². The summed E-state index contributed by atoms with van der Waals surface area (Å²) in [6.45, 7) is 3.74. The summed E-state index contributed by atoms with van der Waals surface area (Å²) in [5, 5.41) is 4.53. The molecule has 0 unspecified atom stereocenters. The van der Waals surface area contributed by atoms with Crippen molar-refractivity contribution in [1.82, 2.24) is 19.9 Å². The molecule has 4 heterocycles.